The monoisotopic (exact) mass is 417 g/mol. The van der Waals surface area contributed by atoms with Gasteiger partial charge in [0.15, 0.2) is 0 Å². The maximum Gasteiger partial charge on any atom is 0.246 e. The van der Waals surface area contributed by atoms with Crippen LogP contribution in [0.2, 0.25) is 0 Å². The normalized spacial score (nSPS) is 20.0. The summed E-state index contributed by atoms with van der Waals surface area (Å²) in [6, 6.07) is 15.5. The van der Waals surface area contributed by atoms with Crippen molar-refractivity contribution in [3.05, 3.63) is 65.4 Å². The Hall–Kier alpha value is -3.28. The second-order valence-corrected chi connectivity index (χ2v) is 8.92. The van der Waals surface area contributed by atoms with Crippen LogP contribution in [0.15, 0.2) is 48.5 Å². The molecule has 2 aromatic carbocycles. The van der Waals surface area contributed by atoms with Crippen LogP contribution in [-0.2, 0) is 28.0 Å². The van der Waals surface area contributed by atoms with Crippen molar-refractivity contribution in [3.63, 3.8) is 0 Å². The average Bonchev–Trinajstić information content (AvgIpc) is 3.15. The minimum Gasteiger partial charge on any atom is -0.497 e. The number of nitrogens with zero attached hydrogens (tertiary/aromatic N) is 2. The number of amides is 2. The summed E-state index contributed by atoms with van der Waals surface area (Å²) in [4.78, 5) is 33.7. The van der Waals surface area contributed by atoms with E-state index in [0.717, 1.165) is 33.5 Å². The molecule has 3 heterocycles. The van der Waals surface area contributed by atoms with Crippen LogP contribution in [0.25, 0.3) is 10.9 Å². The van der Waals surface area contributed by atoms with Gasteiger partial charge in [0.25, 0.3) is 0 Å². The van der Waals surface area contributed by atoms with Gasteiger partial charge in [-0.25, -0.2) is 0 Å². The quantitative estimate of drug-likeness (QED) is 0.709. The zero-order valence-corrected chi connectivity index (χ0v) is 18.1. The Kier molecular flexibility index (Phi) is 4.54. The van der Waals surface area contributed by atoms with Crippen molar-refractivity contribution in [2.45, 2.75) is 38.3 Å². The van der Waals surface area contributed by atoms with Crippen molar-refractivity contribution in [3.8, 4) is 5.75 Å². The summed E-state index contributed by atoms with van der Waals surface area (Å²) < 4.78 is 5.21. The maximum absolute atomic E-state index is 13.5. The molecule has 0 bridgehead atoms. The van der Waals surface area contributed by atoms with Crippen molar-refractivity contribution in [2.75, 3.05) is 20.2 Å². The topological polar surface area (TPSA) is 65.6 Å². The number of ether oxygens (including phenoxy) is 1. The molecule has 1 fully saturated rings. The van der Waals surface area contributed by atoms with Gasteiger partial charge in [0.2, 0.25) is 11.8 Å². The molecule has 1 aromatic heterocycles. The number of hydrogen-bond donors (Lipinski definition) is 1. The Morgan fingerprint density at radius 3 is 2.58 bits per heavy atom. The van der Waals surface area contributed by atoms with E-state index in [0.29, 0.717) is 19.4 Å². The molecular formula is C25H27N3O3. The molecule has 2 aliphatic rings. The van der Waals surface area contributed by atoms with Crippen LogP contribution < -0.4 is 4.74 Å². The van der Waals surface area contributed by atoms with E-state index in [1.807, 2.05) is 56.3 Å². The molecule has 2 amide bonds. The van der Waals surface area contributed by atoms with Gasteiger partial charge in [-0.3, -0.25) is 9.59 Å². The highest BCUT2D eigenvalue weighted by molar-refractivity contribution is 5.97. The van der Waals surface area contributed by atoms with E-state index < -0.39 is 11.6 Å². The third-order valence-corrected chi connectivity index (χ3v) is 6.76. The van der Waals surface area contributed by atoms with E-state index in [4.69, 9.17) is 4.74 Å². The molecular weight excluding hydrogens is 390 g/mol. The lowest BCUT2D eigenvalue weighted by Gasteiger charge is -2.51. The fraction of sp³-hybridized carbons (Fsp3) is 0.360. The first-order chi connectivity index (χ1) is 14.9. The van der Waals surface area contributed by atoms with Gasteiger partial charge in [0, 0.05) is 29.6 Å². The molecule has 0 aliphatic carbocycles. The molecule has 0 unspecified atom stereocenters. The summed E-state index contributed by atoms with van der Waals surface area (Å²) in [5.74, 6) is 0.855. The molecule has 2 aliphatic heterocycles. The number of carbonyl (C=O) groups is 2. The number of methoxy groups -OCH3 is 1. The zero-order chi connectivity index (χ0) is 21.8. The molecule has 0 saturated carbocycles. The van der Waals surface area contributed by atoms with Gasteiger partial charge in [-0.15, -0.1) is 0 Å². The number of piperazine rings is 1. The van der Waals surface area contributed by atoms with Gasteiger partial charge < -0.3 is 19.5 Å². The molecule has 1 atom stereocenters. The molecule has 1 saturated heterocycles. The zero-order valence-electron chi connectivity index (χ0n) is 18.1. The van der Waals surface area contributed by atoms with Crippen molar-refractivity contribution in [1.29, 1.82) is 0 Å². The third kappa shape index (κ3) is 3.09. The number of carbonyl (C=O) groups excluding carboxylic acids is 2. The van der Waals surface area contributed by atoms with Crippen LogP contribution in [-0.4, -0.2) is 52.8 Å². The number of aromatic nitrogens is 1. The van der Waals surface area contributed by atoms with Crippen LogP contribution in [0.5, 0.6) is 5.75 Å². The minimum atomic E-state index is -0.563. The summed E-state index contributed by atoms with van der Waals surface area (Å²) in [6.07, 6.45) is 1.25. The number of aromatic amines is 1. The summed E-state index contributed by atoms with van der Waals surface area (Å²) in [5.41, 5.74) is 3.80. The number of hydrogen-bond acceptors (Lipinski definition) is 3. The Labute approximate surface area is 181 Å². The summed E-state index contributed by atoms with van der Waals surface area (Å²) in [6.45, 7) is 4.73. The van der Waals surface area contributed by atoms with Crippen molar-refractivity contribution >= 4 is 22.7 Å². The fourth-order valence-corrected chi connectivity index (χ4v) is 5.19. The Bertz CT molecular complexity index is 1160. The Morgan fingerprint density at radius 1 is 1.10 bits per heavy atom. The highest BCUT2D eigenvalue weighted by atomic mass is 16.5. The number of rotatable bonds is 4. The van der Waals surface area contributed by atoms with Crippen LogP contribution in [0.4, 0.5) is 0 Å². The highest BCUT2D eigenvalue weighted by Crippen LogP contribution is 2.42. The summed E-state index contributed by atoms with van der Waals surface area (Å²) in [7, 11) is 1.64. The SMILES string of the molecule is COc1ccc(CCN2CC(=O)N3[C@@H](Cc4c([nH]c5ccccc45)C3(C)C)C2=O)cc1. The largest absolute Gasteiger partial charge is 0.497 e. The maximum atomic E-state index is 13.5. The van der Waals surface area contributed by atoms with Crippen LogP contribution >= 0.6 is 0 Å². The van der Waals surface area contributed by atoms with E-state index in [1.54, 1.807) is 16.9 Å². The van der Waals surface area contributed by atoms with Gasteiger partial charge in [0.05, 0.1) is 19.2 Å². The second kappa shape index (κ2) is 7.15. The summed E-state index contributed by atoms with van der Waals surface area (Å²) >= 11 is 0. The lowest BCUT2D eigenvalue weighted by molar-refractivity contribution is -0.163. The predicted octanol–water partition coefficient (Wildman–Crippen LogP) is 3.25. The first-order valence-electron chi connectivity index (χ1n) is 10.7. The lowest BCUT2D eigenvalue weighted by atomic mass is 9.82. The van der Waals surface area contributed by atoms with Gasteiger partial charge in [0.1, 0.15) is 11.8 Å². The van der Waals surface area contributed by atoms with E-state index in [9.17, 15) is 9.59 Å². The molecule has 6 heteroatoms. The molecule has 1 N–H and O–H groups in total. The molecule has 0 spiro atoms. The predicted molar refractivity (Wildman–Crippen MR) is 119 cm³/mol. The number of benzene rings is 2. The third-order valence-electron chi connectivity index (χ3n) is 6.76. The van der Waals surface area contributed by atoms with E-state index >= 15 is 0 Å². The van der Waals surface area contributed by atoms with Crippen molar-refractivity contribution < 1.29 is 14.3 Å². The van der Waals surface area contributed by atoms with E-state index in [2.05, 4.69) is 11.1 Å². The first-order valence-corrected chi connectivity index (χ1v) is 10.7. The van der Waals surface area contributed by atoms with E-state index in [1.165, 1.54) is 0 Å². The lowest BCUT2D eigenvalue weighted by Crippen LogP contribution is -2.67. The van der Waals surface area contributed by atoms with Crippen molar-refractivity contribution in [1.82, 2.24) is 14.8 Å². The molecule has 3 aromatic rings. The molecule has 5 rings (SSSR count). The standard InChI is InChI=1S/C25H27N3O3/c1-25(2)23-19(18-6-4-5-7-20(18)26-23)14-21-24(30)27(15-22(29)28(21)25)13-12-16-8-10-17(31-3)11-9-16/h4-11,21,26H,12-15H2,1-3H3/t21-/m0/s1. The highest BCUT2D eigenvalue weighted by Gasteiger charge is 2.51. The number of fused-ring (bicyclic) bond motifs is 4. The number of H-pyrrole nitrogens is 1. The van der Waals surface area contributed by atoms with Crippen molar-refractivity contribution in [2.24, 2.45) is 0 Å². The van der Waals surface area contributed by atoms with Gasteiger partial charge in [-0.2, -0.15) is 0 Å². The fourth-order valence-electron chi connectivity index (χ4n) is 5.19. The van der Waals surface area contributed by atoms with Gasteiger partial charge in [-0.1, -0.05) is 30.3 Å². The minimum absolute atomic E-state index is 0.00800. The second-order valence-electron chi connectivity index (χ2n) is 8.92. The van der Waals surface area contributed by atoms with Gasteiger partial charge >= 0.3 is 0 Å². The summed E-state index contributed by atoms with van der Waals surface area (Å²) in [5, 5.41) is 1.14. The Morgan fingerprint density at radius 2 is 1.84 bits per heavy atom. The average molecular weight is 418 g/mol. The number of nitrogens with one attached hydrogen (secondary N) is 1. The van der Waals surface area contributed by atoms with Gasteiger partial charge in [-0.05, 0) is 49.6 Å². The molecule has 6 nitrogen and oxygen atoms in total. The van der Waals surface area contributed by atoms with Crippen LogP contribution in [0, 0.1) is 0 Å². The molecule has 31 heavy (non-hydrogen) atoms. The van der Waals surface area contributed by atoms with Crippen LogP contribution in [0.1, 0.15) is 30.7 Å². The number of para-hydroxylation sites is 1. The van der Waals surface area contributed by atoms with E-state index in [-0.39, 0.29) is 18.4 Å². The van der Waals surface area contributed by atoms with Crippen LogP contribution in [0.3, 0.4) is 0 Å². The molecule has 160 valence electrons. The molecule has 0 radical (unpaired) electrons. The first kappa shape index (κ1) is 19.7. The Balaban J connectivity index is 1.42. The smallest absolute Gasteiger partial charge is 0.246 e.